The molecule has 1 amide bonds. The van der Waals surface area contributed by atoms with E-state index in [2.05, 4.69) is 17.1 Å². The molecule has 1 aliphatic rings. The van der Waals surface area contributed by atoms with Gasteiger partial charge in [0.25, 0.3) is 0 Å². The molecule has 1 aliphatic heterocycles. The van der Waals surface area contributed by atoms with E-state index in [0.717, 1.165) is 43.5 Å². The number of rotatable bonds is 6. The first-order chi connectivity index (χ1) is 11.7. The number of hydrogen-bond acceptors (Lipinski definition) is 5. The maximum absolute atomic E-state index is 12.4. The van der Waals surface area contributed by atoms with Crippen molar-refractivity contribution >= 4 is 5.91 Å². The number of benzene rings is 1. The predicted octanol–water partition coefficient (Wildman–Crippen LogP) is 3.60. The molecule has 1 aromatic carbocycles. The van der Waals surface area contributed by atoms with Crippen LogP contribution in [0.25, 0.3) is 11.4 Å². The Hall–Kier alpha value is -2.37. The summed E-state index contributed by atoms with van der Waals surface area (Å²) in [6, 6.07) is 7.43. The van der Waals surface area contributed by atoms with Gasteiger partial charge in [0, 0.05) is 18.5 Å². The summed E-state index contributed by atoms with van der Waals surface area (Å²) < 4.78 is 10.6. The van der Waals surface area contributed by atoms with Crippen LogP contribution in [0.15, 0.2) is 28.8 Å². The Balaban J connectivity index is 1.75. The van der Waals surface area contributed by atoms with E-state index in [1.807, 2.05) is 29.2 Å². The highest BCUT2D eigenvalue weighted by atomic mass is 16.5. The number of carbonyl (C=O) groups is 1. The van der Waals surface area contributed by atoms with Crippen LogP contribution in [0.4, 0.5) is 0 Å². The monoisotopic (exact) mass is 329 g/mol. The quantitative estimate of drug-likeness (QED) is 0.810. The van der Waals surface area contributed by atoms with Gasteiger partial charge in [-0.2, -0.15) is 4.98 Å². The van der Waals surface area contributed by atoms with E-state index in [9.17, 15) is 4.79 Å². The van der Waals surface area contributed by atoms with Crippen molar-refractivity contribution in [1.29, 1.82) is 0 Å². The van der Waals surface area contributed by atoms with Crippen molar-refractivity contribution in [3.8, 4) is 17.1 Å². The summed E-state index contributed by atoms with van der Waals surface area (Å²) in [7, 11) is 1.63. The minimum Gasteiger partial charge on any atom is -0.497 e. The van der Waals surface area contributed by atoms with Gasteiger partial charge in [0.2, 0.25) is 17.6 Å². The summed E-state index contributed by atoms with van der Waals surface area (Å²) in [6.07, 6.45) is 4.38. The molecule has 1 fully saturated rings. The van der Waals surface area contributed by atoms with Gasteiger partial charge in [0.1, 0.15) is 11.8 Å². The molecule has 1 atom stereocenters. The number of methoxy groups -OCH3 is 1. The molecule has 128 valence electrons. The fourth-order valence-corrected chi connectivity index (χ4v) is 3.02. The van der Waals surface area contributed by atoms with Crippen molar-refractivity contribution in [2.24, 2.45) is 0 Å². The standard InChI is InChI=1S/C18H23N3O3/c1-3-4-7-16(22)21-12-5-6-15(21)18-19-17(20-24-18)13-8-10-14(23-2)11-9-13/h8-11,15H,3-7,12H2,1-2H3. The highest BCUT2D eigenvalue weighted by Crippen LogP contribution is 2.32. The molecule has 6 heteroatoms. The lowest BCUT2D eigenvalue weighted by molar-refractivity contribution is -0.132. The number of carbonyl (C=O) groups excluding carboxylic acids is 1. The van der Waals surface area contributed by atoms with Gasteiger partial charge >= 0.3 is 0 Å². The Morgan fingerprint density at radius 3 is 2.88 bits per heavy atom. The van der Waals surface area contributed by atoms with Crippen molar-refractivity contribution in [2.75, 3.05) is 13.7 Å². The average molecular weight is 329 g/mol. The summed E-state index contributed by atoms with van der Waals surface area (Å²) in [5, 5.41) is 4.08. The van der Waals surface area contributed by atoms with Crippen molar-refractivity contribution in [2.45, 2.75) is 45.1 Å². The second-order valence-electron chi connectivity index (χ2n) is 6.03. The van der Waals surface area contributed by atoms with E-state index in [1.54, 1.807) is 7.11 Å². The molecule has 2 heterocycles. The van der Waals surface area contributed by atoms with Gasteiger partial charge in [-0.1, -0.05) is 18.5 Å². The first-order valence-corrected chi connectivity index (χ1v) is 8.50. The fraction of sp³-hybridized carbons (Fsp3) is 0.500. The predicted molar refractivity (Wildman–Crippen MR) is 89.5 cm³/mol. The summed E-state index contributed by atoms with van der Waals surface area (Å²) >= 11 is 0. The Morgan fingerprint density at radius 2 is 2.17 bits per heavy atom. The molecule has 24 heavy (non-hydrogen) atoms. The molecule has 1 unspecified atom stereocenters. The van der Waals surface area contributed by atoms with Gasteiger partial charge in [0.15, 0.2) is 0 Å². The number of ether oxygens (including phenoxy) is 1. The number of hydrogen-bond donors (Lipinski definition) is 0. The van der Waals surface area contributed by atoms with Crippen LogP contribution < -0.4 is 4.74 Å². The SMILES string of the molecule is CCCCC(=O)N1CCCC1c1nc(-c2ccc(OC)cc2)no1. The van der Waals surface area contributed by atoms with Gasteiger partial charge in [-0.15, -0.1) is 0 Å². The third-order valence-corrected chi connectivity index (χ3v) is 4.39. The maximum atomic E-state index is 12.4. The normalized spacial score (nSPS) is 17.2. The maximum Gasteiger partial charge on any atom is 0.249 e. The highest BCUT2D eigenvalue weighted by molar-refractivity contribution is 5.76. The second-order valence-corrected chi connectivity index (χ2v) is 6.03. The van der Waals surface area contributed by atoms with Crippen LogP contribution in [0.2, 0.25) is 0 Å². The summed E-state index contributed by atoms with van der Waals surface area (Å²) in [6.45, 7) is 2.86. The van der Waals surface area contributed by atoms with Gasteiger partial charge in [-0.25, -0.2) is 0 Å². The zero-order chi connectivity index (χ0) is 16.9. The van der Waals surface area contributed by atoms with Crippen LogP contribution in [0, 0.1) is 0 Å². The Morgan fingerprint density at radius 1 is 1.38 bits per heavy atom. The smallest absolute Gasteiger partial charge is 0.249 e. The summed E-state index contributed by atoms with van der Waals surface area (Å²) in [5.74, 6) is 2.04. The van der Waals surface area contributed by atoms with Crippen LogP contribution >= 0.6 is 0 Å². The molecule has 1 saturated heterocycles. The molecular weight excluding hydrogens is 306 g/mol. The number of unbranched alkanes of at least 4 members (excludes halogenated alkanes) is 1. The summed E-state index contributed by atoms with van der Waals surface area (Å²) in [4.78, 5) is 18.8. The Kier molecular flexibility index (Phi) is 5.13. The van der Waals surface area contributed by atoms with Crippen molar-refractivity contribution in [1.82, 2.24) is 15.0 Å². The molecule has 0 aliphatic carbocycles. The lowest BCUT2D eigenvalue weighted by atomic mass is 10.2. The lowest BCUT2D eigenvalue weighted by Gasteiger charge is -2.21. The van der Waals surface area contributed by atoms with E-state index in [-0.39, 0.29) is 11.9 Å². The third kappa shape index (κ3) is 3.42. The molecule has 3 rings (SSSR count). The lowest BCUT2D eigenvalue weighted by Crippen LogP contribution is -2.30. The first kappa shape index (κ1) is 16.5. The third-order valence-electron chi connectivity index (χ3n) is 4.39. The molecule has 0 N–H and O–H groups in total. The largest absolute Gasteiger partial charge is 0.497 e. The Bertz CT molecular complexity index is 681. The molecule has 6 nitrogen and oxygen atoms in total. The van der Waals surface area contributed by atoms with Crippen molar-refractivity contribution in [3.05, 3.63) is 30.2 Å². The van der Waals surface area contributed by atoms with Crippen molar-refractivity contribution in [3.63, 3.8) is 0 Å². The van der Waals surface area contributed by atoms with E-state index < -0.39 is 0 Å². The van der Waals surface area contributed by atoms with E-state index in [4.69, 9.17) is 9.26 Å². The molecule has 0 saturated carbocycles. The minimum absolute atomic E-state index is 0.0890. The van der Waals surface area contributed by atoms with Gasteiger partial charge in [-0.05, 0) is 43.5 Å². The van der Waals surface area contributed by atoms with Crippen LogP contribution in [0.3, 0.4) is 0 Å². The fourth-order valence-electron chi connectivity index (χ4n) is 3.02. The van der Waals surface area contributed by atoms with Crippen LogP contribution in [-0.4, -0.2) is 34.6 Å². The van der Waals surface area contributed by atoms with Crippen molar-refractivity contribution < 1.29 is 14.1 Å². The van der Waals surface area contributed by atoms with Gasteiger partial charge < -0.3 is 14.2 Å². The van der Waals surface area contributed by atoms with Crippen LogP contribution in [-0.2, 0) is 4.79 Å². The minimum atomic E-state index is -0.0890. The Labute approximate surface area is 141 Å². The molecule has 1 aromatic heterocycles. The van der Waals surface area contributed by atoms with E-state index in [0.29, 0.717) is 18.1 Å². The number of amides is 1. The molecule has 0 radical (unpaired) electrons. The zero-order valence-corrected chi connectivity index (χ0v) is 14.2. The zero-order valence-electron chi connectivity index (χ0n) is 14.2. The van der Waals surface area contributed by atoms with Gasteiger partial charge in [0.05, 0.1) is 7.11 Å². The first-order valence-electron chi connectivity index (χ1n) is 8.50. The molecule has 0 spiro atoms. The van der Waals surface area contributed by atoms with E-state index in [1.165, 1.54) is 0 Å². The molecule has 0 bridgehead atoms. The summed E-state index contributed by atoms with van der Waals surface area (Å²) in [5.41, 5.74) is 0.868. The number of nitrogens with zero attached hydrogens (tertiary/aromatic N) is 3. The topological polar surface area (TPSA) is 68.5 Å². The van der Waals surface area contributed by atoms with Crippen LogP contribution in [0.5, 0.6) is 5.75 Å². The average Bonchev–Trinajstić information content (AvgIpc) is 3.28. The van der Waals surface area contributed by atoms with Crippen LogP contribution in [0.1, 0.15) is 51.0 Å². The molecule has 2 aromatic rings. The molecular formula is C18H23N3O3. The highest BCUT2D eigenvalue weighted by Gasteiger charge is 2.33. The second kappa shape index (κ2) is 7.47. The number of aromatic nitrogens is 2. The number of likely N-dealkylation sites (tertiary alicyclic amines) is 1. The van der Waals surface area contributed by atoms with Gasteiger partial charge in [-0.3, -0.25) is 4.79 Å². The van der Waals surface area contributed by atoms with E-state index >= 15 is 0 Å².